The smallest absolute Gasteiger partial charge is 0.258 e. The summed E-state index contributed by atoms with van der Waals surface area (Å²) in [6, 6.07) is 4.28. The molecule has 15 heavy (non-hydrogen) atoms. The number of aliphatic hydroxyl groups excluding tert-OH is 1. The highest BCUT2D eigenvalue weighted by Gasteiger charge is 2.10. The largest absolute Gasteiger partial charge is 0.388 e. The summed E-state index contributed by atoms with van der Waals surface area (Å²) in [5.41, 5.74) is 1.38. The molecule has 0 aliphatic carbocycles. The Kier molecular flexibility index (Phi) is 2.47. The second kappa shape index (κ2) is 3.78. The molecular formula is C10H9FN2O2. The van der Waals surface area contributed by atoms with E-state index in [0.29, 0.717) is 11.1 Å². The van der Waals surface area contributed by atoms with Crippen LogP contribution in [0.1, 0.15) is 11.4 Å². The van der Waals surface area contributed by atoms with Gasteiger partial charge in [-0.3, -0.25) is 0 Å². The summed E-state index contributed by atoms with van der Waals surface area (Å²) in [5, 5.41) is 12.3. The van der Waals surface area contributed by atoms with Gasteiger partial charge in [-0.15, -0.1) is 0 Å². The Labute approximate surface area is 85.4 Å². The van der Waals surface area contributed by atoms with Gasteiger partial charge in [0.15, 0.2) is 5.82 Å². The molecule has 0 spiro atoms. The maximum atomic E-state index is 12.8. The Morgan fingerprint density at radius 1 is 1.47 bits per heavy atom. The zero-order valence-corrected chi connectivity index (χ0v) is 8.07. The molecule has 0 atom stereocenters. The fraction of sp³-hybridized carbons (Fsp3) is 0.200. The van der Waals surface area contributed by atoms with Gasteiger partial charge in [-0.1, -0.05) is 5.16 Å². The lowest BCUT2D eigenvalue weighted by molar-refractivity contribution is 0.264. The molecule has 0 aliphatic heterocycles. The van der Waals surface area contributed by atoms with Crippen LogP contribution in [0.2, 0.25) is 0 Å². The van der Waals surface area contributed by atoms with Crippen LogP contribution in [0.15, 0.2) is 22.7 Å². The number of nitrogens with zero attached hydrogens (tertiary/aromatic N) is 2. The van der Waals surface area contributed by atoms with E-state index in [0.717, 1.165) is 0 Å². The van der Waals surface area contributed by atoms with Crippen LogP contribution in [0.3, 0.4) is 0 Å². The predicted molar refractivity (Wildman–Crippen MR) is 50.4 cm³/mol. The van der Waals surface area contributed by atoms with E-state index in [-0.39, 0.29) is 24.1 Å². The standard InChI is InChI=1S/C10H9FN2O2/c1-6-4-7(11)2-3-8(6)10-12-9(5-14)13-15-10/h2-4,14H,5H2,1H3. The lowest BCUT2D eigenvalue weighted by atomic mass is 10.1. The molecule has 2 aromatic rings. The minimum atomic E-state index is -0.307. The molecule has 0 saturated carbocycles. The molecule has 0 radical (unpaired) electrons. The fourth-order valence-electron chi connectivity index (χ4n) is 1.29. The van der Waals surface area contributed by atoms with E-state index in [4.69, 9.17) is 9.63 Å². The minimum absolute atomic E-state index is 0.216. The number of hydrogen-bond acceptors (Lipinski definition) is 4. The van der Waals surface area contributed by atoms with Crippen LogP contribution in [-0.4, -0.2) is 15.2 Å². The number of halogens is 1. The van der Waals surface area contributed by atoms with Crippen LogP contribution in [-0.2, 0) is 6.61 Å². The van der Waals surface area contributed by atoms with Crippen molar-refractivity contribution in [2.45, 2.75) is 13.5 Å². The topological polar surface area (TPSA) is 59.2 Å². The Bertz CT molecular complexity index is 482. The maximum Gasteiger partial charge on any atom is 0.258 e. The molecule has 2 rings (SSSR count). The molecule has 78 valence electrons. The van der Waals surface area contributed by atoms with E-state index in [1.807, 2.05) is 0 Å². The molecule has 1 aromatic carbocycles. The van der Waals surface area contributed by atoms with Gasteiger partial charge in [-0.25, -0.2) is 4.39 Å². The van der Waals surface area contributed by atoms with Gasteiger partial charge in [0.2, 0.25) is 0 Å². The van der Waals surface area contributed by atoms with Crippen molar-refractivity contribution >= 4 is 0 Å². The third-order valence-corrected chi connectivity index (χ3v) is 2.03. The number of benzene rings is 1. The normalized spacial score (nSPS) is 10.6. The van der Waals surface area contributed by atoms with Gasteiger partial charge in [-0.2, -0.15) is 4.98 Å². The molecule has 0 bridgehead atoms. The van der Waals surface area contributed by atoms with Crippen molar-refractivity contribution in [3.05, 3.63) is 35.4 Å². The number of aliphatic hydroxyl groups is 1. The van der Waals surface area contributed by atoms with Crippen LogP contribution in [0.25, 0.3) is 11.5 Å². The lowest BCUT2D eigenvalue weighted by Gasteiger charge is -1.99. The van der Waals surface area contributed by atoms with Gasteiger partial charge in [0, 0.05) is 5.56 Å². The molecule has 0 amide bonds. The third-order valence-electron chi connectivity index (χ3n) is 2.03. The summed E-state index contributed by atoms with van der Waals surface area (Å²) < 4.78 is 17.7. The number of aromatic nitrogens is 2. The van der Waals surface area contributed by atoms with Gasteiger partial charge in [0.1, 0.15) is 12.4 Å². The van der Waals surface area contributed by atoms with Crippen molar-refractivity contribution in [2.24, 2.45) is 0 Å². The van der Waals surface area contributed by atoms with Crippen molar-refractivity contribution in [1.82, 2.24) is 10.1 Å². The minimum Gasteiger partial charge on any atom is -0.388 e. The molecule has 0 saturated heterocycles. The van der Waals surface area contributed by atoms with E-state index < -0.39 is 0 Å². The molecule has 4 nitrogen and oxygen atoms in total. The summed E-state index contributed by atoms with van der Waals surface area (Å²) in [7, 11) is 0. The second-order valence-electron chi connectivity index (χ2n) is 3.13. The monoisotopic (exact) mass is 208 g/mol. The molecule has 1 heterocycles. The summed E-state index contributed by atoms with van der Waals surface area (Å²) in [4.78, 5) is 3.94. The lowest BCUT2D eigenvalue weighted by Crippen LogP contribution is -1.87. The summed E-state index contributed by atoms with van der Waals surface area (Å²) >= 11 is 0. The van der Waals surface area contributed by atoms with Gasteiger partial charge in [-0.05, 0) is 30.7 Å². The van der Waals surface area contributed by atoms with Crippen LogP contribution >= 0.6 is 0 Å². The second-order valence-corrected chi connectivity index (χ2v) is 3.13. The average Bonchev–Trinajstić information content (AvgIpc) is 2.66. The Hall–Kier alpha value is -1.75. The van der Waals surface area contributed by atoms with E-state index in [9.17, 15) is 4.39 Å². The molecule has 1 aromatic heterocycles. The molecule has 0 fully saturated rings. The van der Waals surface area contributed by atoms with E-state index in [2.05, 4.69) is 10.1 Å². The zero-order chi connectivity index (χ0) is 10.8. The highest BCUT2D eigenvalue weighted by atomic mass is 19.1. The molecule has 5 heteroatoms. The highest BCUT2D eigenvalue weighted by Crippen LogP contribution is 2.22. The Balaban J connectivity index is 2.44. The number of hydrogen-bond donors (Lipinski definition) is 1. The van der Waals surface area contributed by atoms with E-state index >= 15 is 0 Å². The van der Waals surface area contributed by atoms with Crippen molar-refractivity contribution < 1.29 is 14.0 Å². The van der Waals surface area contributed by atoms with Crippen molar-refractivity contribution in [1.29, 1.82) is 0 Å². The first-order chi connectivity index (χ1) is 7.20. The Morgan fingerprint density at radius 2 is 2.27 bits per heavy atom. The maximum absolute atomic E-state index is 12.8. The molecule has 1 N–H and O–H groups in total. The predicted octanol–water partition coefficient (Wildman–Crippen LogP) is 1.68. The molecular weight excluding hydrogens is 199 g/mol. The van der Waals surface area contributed by atoms with Gasteiger partial charge < -0.3 is 9.63 Å². The summed E-state index contributed by atoms with van der Waals surface area (Å²) in [5.74, 6) is 0.198. The first kappa shape index (κ1) is 9.79. The molecule has 0 unspecified atom stereocenters. The number of rotatable bonds is 2. The van der Waals surface area contributed by atoms with Gasteiger partial charge in [0.25, 0.3) is 5.89 Å². The van der Waals surface area contributed by atoms with Gasteiger partial charge in [0.05, 0.1) is 0 Å². The quantitative estimate of drug-likeness (QED) is 0.815. The SMILES string of the molecule is Cc1cc(F)ccc1-c1nc(CO)no1. The molecule has 0 aliphatic rings. The van der Waals surface area contributed by atoms with Crippen LogP contribution in [0.4, 0.5) is 4.39 Å². The van der Waals surface area contributed by atoms with Crippen molar-refractivity contribution in [3.63, 3.8) is 0 Å². The Morgan fingerprint density at radius 3 is 2.87 bits per heavy atom. The van der Waals surface area contributed by atoms with Crippen molar-refractivity contribution in [2.75, 3.05) is 0 Å². The summed E-state index contributed by atoms with van der Waals surface area (Å²) in [6.07, 6.45) is 0. The van der Waals surface area contributed by atoms with Crippen LogP contribution in [0, 0.1) is 12.7 Å². The first-order valence-corrected chi connectivity index (χ1v) is 4.40. The average molecular weight is 208 g/mol. The first-order valence-electron chi connectivity index (χ1n) is 4.40. The summed E-state index contributed by atoms with van der Waals surface area (Å²) in [6.45, 7) is 1.48. The van der Waals surface area contributed by atoms with Crippen molar-refractivity contribution in [3.8, 4) is 11.5 Å². The van der Waals surface area contributed by atoms with E-state index in [1.165, 1.54) is 12.1 Å². The number of aryl methyl sites for hydroxylation is 1. The van der Waals surface area contributed by atoms with E-state index in [1.54, 1.807) is 13.0 Å². The fourth-order valence-corrected chi connectivity index (χ4v) is 1.29. The zero-order valence-electron chi connectivity index (χ0n) is 8.07. The van der Waals surface area contributed by atoms with Gasteiger partial charge >= 0.3 is 0 Å². The van der Waals surface area contributed by atoms with Crippen LogP contribution < -0.4 is 0 Å². The highest BCUT2D eigenvalue weighted by molar-refractivity contribution is 5.57. The van der Waals surface area contributed by atoms with Crippen LogP contribution in [0.5, 0.6) is 0 Å². The third kappa shape index (κ3) is 1.87.